The van der Waals surface area contributed by atoms with E-state index in [1.54, 1.807) is 35.3 Å². The van der Waals surface area contributed by atoms with E-state index < -0.39 is 0 Å². The molecule has 0 unspecified atom stereocenters. The highest BCUT2D eigenvalue weighted by Crippen LogP contribution is 2.19. The van der Waals surface area contributed by atoms with Crippen LogP contribution in [0.2, 0.25) is 0 Å². The van der Waals surface area contributed by atoms with Gasteiger partial charge in [-0.2, -0.15) is 5.10 Å². The highest BCUT2D eigenvalue weighted by atomic mass is 32.1. The molecule has 0 saturated carbocycles. The number of aromatic nitrogens is 4. The van der Waals surface area contributed by atoms with Crippen molar-refractivity contribution in [1.29, 1.82) is 0 Å². The maximum Gasteiger partial charge on any atom is 0.269 e. The van der Waals surface area contributed by atoms with Gasteiger partial charge in [0, 0.05) is 31.6 Å². The van der Waals surface area contributed by atoms with E-state index in [0.717, 1.165) is 22.1 Å². The predicted octanol–water partition coefficient (Wildman–Crippen LogP) is 2.22. The molecule has 3 aromatic rings. The van der Waals surface area contributed by atoms with E-state index in [-0.39, 0.29) is 5.91 Å². The summed E-state index contributed by atoms with van der Waals surface area (Å²) < 4.78 is 1.59. The van der Waals surface area contributed by atoms with E-state index in [0.29, 0.717) is 18.7 Å². The van der Waals surface area contributed by atoms with Crippen molar-refractivity contribution in [3.8, 4) is 11.4 Å². The van der Waals surface area contributed by atoms with Gasteiger partial charge in [0.2, 0.25) is 0 Å². The summed E-state index contributed by atoms with van der Waals surface area (Å²) in [4.78, 5) is 20.9. The molecule has 0 atom stereocenters. The maximum atomic E-state index is 12.1. The van der Waals surface area contributed by atoms with Crippen LogP contribution in [0.5, 0.6) is 0 Å². The van der Waals surface area contributed by atoms with Crippen molar-refractivity contribution < 1.29 is 4.79 Å². The van der Waals surface area contributed by atoms with E-state index in [1.807, 2.05) is 30.5 Å². The lowest BCUT2D eigenvalue weighted by Crippen LogP contribution is -2.27. The predicted molar refractivity (Wildman–Crippen MR) is 89.3 cm³/mol. The Morgan fingerprint density at radius 1 is 1.35 bits per heavy atom. The highest BCUT2D eigenvalue weighted by molar-refractivity contribution is 7.09. The number of hydrogen-bond donors (Lipinski definition) is 1. The van der Waals surface area contributed by atoms with Crippen LogP contribution < -0.4 is 5.32 Å². The molecule has 1 amide bonds. The number of thiazole rings is 1. The Hall–Kier alpha value is -2.54. The summed E-state index contributed by atoms with van der Waals surface area (Å²) in [6.07, 6.45) is 2.45. The van der Waals surface area contributed by atoms with Gasteiger partial charge >= 0.3 is 0 Å². The average molecular weight is 327 g/mol. The van der Waals surface area contributed by atoms with E-state index in [2.05, 4.69) is 20.4 Å². The van der Waals surface area contributed by atoms with Gasteiger partial charge in [0.1, 0.15) is 5.69 Å². The molecule has 23 heavy (non-hydrogen) atoms. The van der Waals surface area contributed by atoms with Crippen molar-refractivity contribution in [3.05, 3.63) is 52.2 Å². The molecular formula is C16H17N5OS. The molecule has 118 valence electrons. The Labute approximate surface area is 138 Å². The number of pyridine rings is 1. The van der Waals surface area contributed by atoms with E-state index in [1.165, 1.54) is 0 Å². The molecule has 0 aliphatic carbocycles. The first-order valence-corrected chi connectivity index (χ1v) is 8.16. The van der Waals surface area contributed by atoms with Crippen LogP contribution in [0.3, 0.4) is 0 Å². The molecule has 0 aromatic carbocycles. The molecule has 0 saturated heterocycles. The molecule has 3 rings (SSSR count). The molecule has 0 fully saturated rings. The van der Waals surface area contributed by atoms with Gasteiger partial charge in [-0.1, -0.05) is 6.07 Å². The number of rotatable bonds is 5. The Balaban J connectivity index is 1.56. The quantitative estimate of drug-likeness (QED) is 0.780. The Bertz CT molecular complexity index is 809. The van der Waals surface area contributed by atoms with Gasteiger partial charge in [-0.25, -0.2) is 4.98 Å². The number of nitrogens with one attached hydrogen (secondary N) is 1. The SMILES string of the molecule is Cc1cc(C(=O)NCCc2nc(-c3ccccn3)cs2)n(C)n1. The van der Waals surface area contributed by atoms with Crippen LogP contribution in [-0.4, -0.2) is 32.2 Å². The summed E-state index contributed by atoms with van der Waals surface area (Å²) in [6.45, 7) is 2.41. The third-order valence-corrected chi connectivity index (χ3v) is 4.25. The number of carbonyl (C=O) groups is 1. The standard InChI is InChI=1S/C16H17N5OS/c1-11-9-14(21(2)20-11)16(22)18-8-6-15-19-13(10-23-15)12-5-3-4-7-17-12/h3-5,7,9-10H,6,8H2,1-2H3,(H,18,22). The zero-order valence-corrected chi connectivity index (χ0v) is 13.8. The van der Waals surface area contributed by atoms with E-state index in [9.17, 15) is 4.79 Å². The van der Waals surface area contributed by atoms with Gasteiger partial charge in [-0.3, -0.25) is 14.5 Å². The third-order valence-electron chi connectivity index (χ3n) is 3.34. The van der Waals surface area contributed by atoms with Gasteiger partial charge in [-0.15, -0.1) is 11.3 Å². The molecule has 0 bridgehead atoms. The van der Waals surface area contributed by atoms with Crippen LogP contribution >= 0.6 is 11.3 Å². The second kappa shape index (κ2) is 6.70. The first-order chi connectivity index (χ1) is 11.1. The highest BCUT2D eigenvalue weighted by Gasteiger charge is 2.11. The van der Waals surface area contributed by atoms with Crippen molar-refractivity contribution in [2.45, 2.75) is 13.3 Å². The first-order valence-electron chi connectivity index (χ1n) is 7.28. The lowest BCUT2D eigenvalue weighted by molar-refractivity contribution is 0.0944. The smallest absolute Gasteiger partial charge is 0.269 e. The van der Waals surface area contributed by atoms with Crippen LogP contribution in [0.25, 0.3) is 11.4 Å². The van der Waals surface area contributed by atoms with Gasteiger partial charge in [0.15, 0.2) is 0 Å². The van der Waals surface area contributed by atoms with E-state index >= 15 is 0 Å². The van der Waals surface area contributed by atoms with Gasteiger partial charge < -0.3 is 5.32 Å². The van der Waals surface area contributed by atoms with Gasteiger partial charge in [0.25, 0.3) is 5.91 Å². The van der Waals surface area contributed by atoms with Crippen LogP contribution in [0.4, 0.5) is 0 Å². The molecule has 7 heteroatoms. The lowest BCUT2D eigenvalue weighted by atomic mass is 10.3. The van der Waals surface area contributed by atoms with Crippen LogP contribution in [0.15, 0.2) is 35.8 Å². The van der Waals surface area contributed by atoms with Crippen LogP contribution in [0, 0.1) is 6.92 Å². The number of carbonyl (C=O) groups excluding carboxylic acids is 1. The fraction of sp³-hybridized carbons (Fsp3) is 0.250. The minimum absolute atomic E-state index is 0.116. The minimum atomic E-state index is -0.116. The van der Waals surface area contributed by atoms with Crippen molar-refractivity contribution >= 4 is 17.2 Å². The third kappa shape index (κ3) is 3.62. The summed E-state index contributed by atoms with van der Waals surface area (Å²) in [5, 5.41) is 10.0. The second-order valence-electron chi connectivity index (χ2n) is 5.14. The minimum Gasteiger partial charge on any atom is -0.350 e. The fourth-order valence-corrected chi connectivity index (χ4v) is 3.05. The summed E-state index contributed by atoms with van der Waals surface area (Å²) in [7, 11) is 1.77. The number of amides is 1. The monoisotopic (exact) mass is 327 g/mol. The van der Waals surface area contributed by atoms with Gasteiger partial charge in [0.05, 0.1) is 22.1 Å². The molecule has 1 N–H and O–H groups in total. The number of nitrogens with zero attached hydrogens (tertiary/aromatic N) is 4. The molecule has 0 aliphatic rings. The maximum absolute atomic E-state index is 12.1. The number of aryl methyl sites for hydroxylation is 2. The van der Waals surface area contributed by atoms with Crippen LogP contribution in [0.1, 0.15) is 21.2 Å². The van der Waals surface area contributed by atoms with Crippen molar-refractivity contribution in [1.82, 2.24) is 25.1 Å². The average Bonchev–Trinajstić information content (AvgIpc) is 3.14. The molecule has 3 aromatic heterocycles. The molecule has 0 radical (unpaired) electrons. The van der Waals surface area contributed by atoms with Crippen LogP contribution in [-0.2, 0) is 13.5 Å². The first kappa shape index (κ1) is 15.4. The summed E-state index contributed by atoms with van der Waals surface area (Å²) in [6, 6.07) is 7.53. The Morgan fingerprint density at radius 2 is 2.22 bits per heavy atom. The van der Waals surface area contributed by atoms with E-state index in [4.69, 9.17) is 0 Å². The molecule has 3 heterocycles. The zero-order valence-electron chi connectivity index (χ0n) is 13.0. The van der Waals surface area contributed by atoms with Crippen molar-refractivity contribution in [2.75, 3.05) is 6.54 Å². The molecule has 0 aliphatic heterocycles. The van der Waals surface area contributed by atoms with Crippen molar-refractivity contribution in [3.63, 3.8) is 0 Å². The topological polar surface area (TPSA) is 72.7 Å². The molecule has 6 nitrogen and oxygen atoms in total. The Kier molecular flexibility index (Phi) is 4.47. The summed E-state index contributed by atoms with van der Waals surface area (Å²) in [5.41, 5.74) is 3.14. The fourth-order valence-electron chi connectivity index (χ4n) is 2.25. The molecule has 0 spiro atoms. The number of hydrogen-bond acceptors (Lipinski definition) is 5. The molecular weight excluding hydrogens is 310 g/mol. The summed E-state index contributed by atoms with van der Waals surface area (Å²) in [5.74, 6) is -0.116. The van der Waals surface area contributed by atoms with Gasteiger partial charge in [-0.05, 0) is 25.1 Å². The second-order valence-corrected chi connectivity index (χ2v) is 6.08. The lowest BCUT2D eigenvalue weighted by Gasteiger charge is -2.03. The van der Waals surface area contributed by atoms with Crippen molar-refractivity contribution in [2.24, 2.45) is 7.05 Å². The zero-order chi connectivity index (χ0) is 16.2. The normalized spacial score (nSPS) is 10.7. The largest absolute Gasteiger partial charge is 0.350 e. The Morgan fingerprint density at radius 3 is 2.91 bits per heavy atom. The summed E-state index contributed by atoms with van der Waals surface area (Å²) >= 11 is 1.58.